The molecule has 2 amide bonds. The predicted molar refractivity (Wildman–Crippen MR) is 114 cm³/mol. The monoisotopic (exact) mass is 408 g/mol. The van der Waals surface area contributed by atoms with Gasteiger partial charge in [0.05, 0.1) is 12.1 Å². The van der Waals surface area contributed by atoms with E-state index in [1.807, 2.05) is 70.6 Å². The molecule has 3 aromatic rings. The summed E-state index contributed by atoms with van der Waals surface area (Å²) in [4.78, 5) is 31.2. The Hall–Kier alpha value is -2.93. The highest BCUT2D eigenvalue weighted by molar-refractivity contribution is 7.13. The molecule has 0 spiro atoms. The summed E-state index contributed by atoms with van der Waals surface area (Å²) in [5.74, 6) is 0.0595. The van der Waals surface area contributed by atoms with Gasteiger partial charge in [0.15, 0.2) is 5.13 Å². The van der Waals surface area contributed by atoms with Crippen LogP contribution in [0.25, 0.3) is 5.69 Å². The molecular weight excluding hydrogens is 384 g/mol. The number of rotatable bonds is 5. The number of carbonyl (C=O) groups excluding carboxylic acids is 2. The maximum Gasteiger partial charge on any atom is 0.229 e. The molecule has 6 nitrogen and oxygen atoms in total. The van der Waals surface area contributed by atoms with Crippen molar-refractivity contribution in [2.24, 2.45) is 5.92 Å². The standard InChI is InChI=1S/C22H24N4O2S/c1-16-15-29-22(23-16)24-21(28)18-8-12-26(13-9-18)20(27)14-17-4-6-19(7-5-17)25-10-2-3-11-25/h2-7,10-11,15,18H,8-9,12-14H2,1H3,(H,23,24,28). The molecule has 7 heteroatoms. The van der Waals surface area contributed by atoms with Crippen LogP contribution >= 0.6 is 11.3 Å². The second kappa shape index (κ2) is 8.61. The summed E-state index contributed by atoms with van der Waals surface area (Å²) >= 11 is 1.44. The van der Waals surface area contributed by atoms with Crippen LogP contribution in [0.3, 0.4) is 0 Å². The molecule has 2 aromatic heterocycles. The molecular formula is C22H24N4O2S. The van der Waals surface area contributed by atoms with Gasteiger partial charge < -0.3 is 14.8 Å². The van der Waals surface area contributed by atoms with Crippen LogP contribution in [0.15, 0.2) is 54.2 Å². The highest BCUT2D eigenvalue weighted by Crippen LogP contribution is 2.22. The number of thiazole rings is 1. The van der Waals surface area contributed by atoms with E-state index in [9.17, 15) is 9.59 Å². The van der Waals surface area contributed by atoms with Crippen molar-refractivity contribution in [2.75, 3.05) is 18.4 Å². The Morgan fingerprint density at radius 2 is 1.83 bits per heavy atom. The zero-order valence-corrected chi connectivity index (χ0v) is 17.2. The normalized spacial score (nSPS) is 14.7. The summed E-state index contributed by atoms with van der Waals surface area (Å²) in [5, 5.41) is 5.46. The number of hydrogen-bond acceptors (Lipinski definition) is 4. The molecule has 1 aliphatic heterocycles. The molecule has 4 rings (SSSR count). The third-order valence-corrected chi connectivity index (χ3v) is 6.14. The van der Waals surface area contributed by atoms with Crippen LogP contribution in [0.4, 0.5) is 5.13 Å². The van der Waals surface area contributed by atoms with Crippen molar-refractivity contribution in [2.45, 2.75) is 26.2 Å². The van der Waals surface area contributed by atoms with E-state index in [2.05, 4.69) is 10.3 Å². The average Bonchev–Trinajstić information content (AvgIpc) is 3.41. The Balaban J connectivity index is 1.27. The van der Waals surface area contributed by atoms with Crippen molar-refractivity contribution >= 4 is 28.3 Å². The van der Waals surface area contributed by atoms with E-state index < -0.39 is 0 Å². The Morgan fingerprint density at radius 3 is 2.45 bits per heavy atom. The van der Waals surface area contributed by atoms with Gasteiger partial charge in [-0.25, -0.2) is 4.98 Å². The van der Waals surface area contributed by atoms with Gasteiger partial charge in [0.2, 0.25) is 11.8 Å². The molecule has 0 bridgehead atoms. The first-order chi connectivity index (χ1) is 14.1. The number of hydrogen-bond donors (Lipinski definition) is 1. The van der Waals surface area contributed by atoms with E-state index in [1.165, 1.54) is 11.3 Å². The number of likely N-dealkylation sites (tertiary alicyclic amines) is 1. The molecule has 3 heterocycles. The first kappa shape index (κ1) is 19.4. The van der Waals surface area contributed by atoms with Crippen LogP contribution < -0.4 is 5.32 Å². The van der Waals surface area contributed by atoms with Gasteiger partial charge in [-0.1, -0.05) is 12.1 Å². The Labute approximate surface area is 174 Å². The number of aryl methyl sites for hydroxylation is 1. The minimum Gasteiger partial charge on any atom is -0.342 e. The van der Waals surface area contributed by atoms with E-state index in [4.69, 9.17) is 0 Å². The van der Waals surface area contributed by atoms with Gasteiger partial charge in [-0.05, 0) is 49.6 Å². The summed E-state index contributed by atoms with van der Waals surface area (Å²) < 4.78 is 2.04. The van der Waals surface area contributed by atoms with Crippen LogP contribution in [0.1, 0.15) is 24.1 Å². The van der Waals surface area contributed by atoms with Crippen LogP contribution in [-0.4, -0.2) is 39.4 Å². The molecule has 1 aromatic carbocycles. The molecule has 0 atom stereocenters. The fourth-order valence-electron chi connectivity index (χ4n) is 3.59. The minimum absolute atomic E-state index is 0.00653. The SMILES string of the molecule is Cc1csc(NC(=O)C2CCN(C(=O)Cc3ccc(-n4cccc4)cc3)CC2)n1. The van der Waals surface area contributed by atoms with E-state index in [1.54, 1.807) is 0 Å². The van der Waals surface area contributed by atoms with Crippen molar-refractivity contribution in [1.29, 1.82) is 0 Å². The van der Waals surface area contributed by atoms with E-state index in [-0.39, 0.29) is 17.7 Å². The van der Waals surface area contributed by atoms with E-state index in [0.717, 1.165) is 16.9 Å². The summed E-state index contributed by atoms with van der Waals surface area (Å²) in [7, 11) is 0. The van der Waals surface area contributed by atoms with Crippen molar-refractivity contribution in [3.63, 3.8) is 0 Å². The number of nitrogens with one attached hydrogen (secondary N) is 1. The summed E-state index contributed by atoms with van der Waals surface area (Å²) in [6.45, 7) is 3.15. The minimum atomic E-state index is -0.0656. The zero-order chi connectivity index (χ0) is 20.2. The van der Waals surface area contributed by atoms with Gasteiger partial charge in [0.25, 0.3) is 0 Å². The quantitative estimate of drug-likeness (QED) is 0.701. The summed E-state index contributed by atoms with van der Waals surface area (Å²) in [6.07, 6.45) is 5.76. The Bertz CT molecular complexity index is 971. The lowest BCUT2D eigenvalue weighted by Crippen LogP contribution is -2.42. The molecule has 1 saturated heterocycles. The zero-order valence-electron chi connectivity index (χ0n) is 16.4. The molecule has 1 fully saturated rings. The van der Waals surface area contributed by atoms with Crippen molar-refractivity contribution in [1.82, 2.24) is 14.5 Å². The van der Waals surface area contributed by atoms with Crippen molar-refractivity contribution in [3.05, 3.63) is 65.4 Å². The van der Waals surface area contributed by atoms with E-state index >= 15 is 0 Å². The third-order valence-electron chi connectivity index (χ3n) is 5.26. The maximum atomic E-state index is 12.7. The molecule has 29 heavy (non-hydrogen) atoms. The highest BCUT2D eigenvalue weighted by atomic mass is 32.1. The number of carbonyl (C=O) groups is 2. The van der Waals surface area contributed by atoms with E-state index in [0.29, 0.717) is 37.5 Å². The number of amides is 2. The van der Waals surface area contributed by atoms with Gasteiger partial charge >= 0.3 is 0 Å². The second-order valence-corrected chi connectivity index (χ2v) is 8.23. The van der Waals surface area contributed by atoms with Crippen LogP contribution in [0.2, 0.25) is 0 Å². The van der Waals surface area contributed by atoms with Gasteiger partial charge in [-0.15, -0.1) is 11.3 Å². The number of benzene rings is 1. The molecule has 1 aliphatic rings. The second-order valence-electron chi connectivity index (χ2n) is 7.37. The van der Waals surface area contributed by atoms with Gasteiger partial charge in [0.1, 0.15) is 0 Å². The lowest BCUT2D eigenvalue weighted by atomic mass is 9.95. The lowest BCUT2D eigenvalue weighted by molar-refractivity contribution is -0.133. The first-order valence-electron chi connectivity index (χ1n) is 9.81. The number of anilines is 1. The lowest BCUT2D eigenvalue weighted by Gasteiger charge is -2.31. The van der Waals surface area contributed by atoms with Crippen LogP contribution in [-0.2, 0) is 16.0 Å². The van der Waals surface area contributed by atoms with Gasteiger partial charge in [-0.3, -0.25) is 9.59 Å². The Kier molecular flexibility index (Phi) is 5.76. The molecule has 0 radical (unpaired) electrons. The summed E-state index contributed by atoms with van der Waals surface area (Å²) in [6, 6.07) is 12.0. The molecule has 150 valence electrons. The van der Waals surface area contributed by atoms with Gasteiger partial charge in [0, 0.05) is 42.5 Å². The molecule has 0 saturated carbocycles. The number of aromatic nitrogens is 2. The highest BCUT2D eigenvalue weighted by Gasteiger charge is 2.27. The predicted octanol–water partition coefficient (Wildman–Crippen LogP) is 3.66. The fraction of sp³-hybridized carbons (Fsp3) is 0.318. The molecule has 1 N–H and O–H groups in total. The average molecular weight is 409 g/mol. The number of nitrogens with zero attached hydrogens (tertiary/aromatic N) is 3. The molecule has 0 aliphatic carbocycles. The largest absolute Gasteiger partial charge is 0.342 e. The van der Waals surface area contributed by atoms with Crippen LogP contribution in [0, 0.1) is 12.8 Å². The van der Waals surface area contributed by atoms with Crippen molar-refractivity contribution in [3.8, 4) is 5.69 Å². The topological polar surface area (TPSA) is 67.2 Å². The van der Waals surface area contributed by atoms with Gasteiger partial charge in [-0.2, -0.15) is 0 Å². The first-order valence-corrected chi connectivity index (χ1v) is 10.7. The smallest absolute Gasteiger partial charge is 0.229 e. The maximum absolute atomic E-state index is 12.7. The fourth-order valence-corrected chi connectivity index (χ4v) is 4.28. The Morgan fingerprint density at radius 1 is 1.14 bits per heavy atom. The van der Waals surface area contributed by atoms with Crippen molar-refractivity contribution < 1.29 is 9.59 Å². The van der Waals surface area contributed by atoms with Crippen LogP contribution in [0.5, 0.6) is 0 Å². The summed E-state index contributed by atoms with van der Waals surface area (Å²) in [5.41, 5.74) is 2.99. The molecule has 0 unspecified atom stereocenters. The number of piperidine rings is 1. The third kappa shape index (κ3) is 4.74.